The van der Waals surface area contributed by atoms with Crippen LogP contribution in [0.1, 0.15) is 6.92 Å². The molecule has 0 radical (unpaired) electrons. The summed E-state index contributed by atoms with van der Waals surface area (Å²) in [6, 6.07) is 13.7. The summed E-state index contributed by atoms with van der Waals surface area (Å²) in [7, 11) is 0. The molecule has 1 amide bonds. The summed E-state index contributed by atoms with van der Waals surface area (Å²) in [4.78, 5) is 26.1. The number of hydrogen-bond donors (Lipinski definition) is 2. The summed E-state index contributed by atoms with van der Waals surface area (Å²) < 4.78 is 0. The van der Waals surface area contributed by atoms with Gasteiger partial charge >= 0.3 is 0 Å². The van der Waals surface area contributed by atoms with Gasteiger partial charge in [0.2, 0.25) is 5.91 Å². The van der Waals surface area contributed by atoms with E-state index in [4.69, 9.17) is 0 Å². The van der Waals surface area contributed by atoms with Crippen molar-refractivity contribution in [2.45, 2.75) is 6.92 Å². The lowest BCUT2D eigenvalue weighted by atomic mass is 10.1. The van der Waals surface area contributed by atoms with Gasteiger partial charge in [0.1, 0.15) is 5.69 Å². The summed E-state index contributed by atoms with van der Waals surface area (Å²) in [5, 5.41) is 19.2. The Bertz CT molecular complexity index is 922. The first-order chi connectivity index (χ1) is 12.0. The molecule has 0 atom stereocenters. The zero-order valence-corrected chi connectivity index (χ0v) is 14.0. The first-order valence-corrected chi connectivity index (χ1v) is 8.25. The molecule has 0 saturated heterocycles. The molecule has 2 aromatic carbocycles. The zero-order valence-electron chi connectivity index (χ0n) is 13.2. The van der Waals surface area contributed by atoms with Crippen LogP contribution in [0, 0.1) is 10.1 Å². The quantitative estimate of drug-likeness (QED) is 0.522. The molecule has 0 aliphatic rings. The Balaban J connectivity index is 1.79. The number of aromatic nitrogens is 1. The molecule has 7 nitrogen and oxygen atoms in total. The first-order valence-electron chi connectivity index (χ1n) is 7.37. The van der Waals surface area contributed by atoms with Gasteiger partial charge in [-0.15, -0.1) is 11.3 Å². The summed E-state index contributed by atoms with van der Waals surface area (Å²) in [6.07, 6.45) is 0. The van der Waals surface area contributed by atoms with Crippen LogP contribution in [0.3, 0.4) is 0 Å². The maximum Gasteiger partial charge on any atom is 0.292 e. The molecule has 0 aliphatic carbocycles. The fourth-order valence-electron chi connectivity index (χ4n) is 2.25. The van der Waals surface area contributed by atoms with Crippen molar-refractivity contribution in [1.82, 2.24) is 4.98 Å². The Morgan fingerprint density at radius 1 is 1.16 bits per heavy atom. The molecular weight excluding hydrogens is 340 g/mol. The van der Waals surface area contributed by atoms with Gasteiger partial charge in [0.15, 0.2) is 5.13 Å². The van der Waals surface area contributed by atoms with Crippen LogP contribution in [0.25, 0.3) is 11.3 Å². The summed E-state index contributed by atoms with van der Waals surface area (Å²) in [5.41, 5.74) is 2.75. The van der Waals surface area contributed by atoms with E-state index in [0.717, 1.165) is 11.3 Å². The third kappa shape index (κ3) is 3.99. The molecule has 0 saturated carbocycles. The second-order valence-electron chi connectivity index (χ2n) is 5.20. The highest BCUT2D eigenvalue weighted by Crippen LogP contribution is 2.31. The molecule has 0 fully saturated rings. The van der Waals surface area contributed by atoms with Gasteiger partial charge in [-0.05, 0) is 18.2 Å². The monoisotopic (exact) mass is 354 g/mol. The number of carbonyl (C=O) groups is 1. The van der Waals surface area contributed by atoms with E-state index >= 15 is 0 Å². The molecule has 8 heteroatoms. The van der Waals surface area contributed by atoms with Gasteiger partial charge < -0.3 is 10.6 Å². The molecule has 2 N–H and O–H groups in total. The summed E-state index contributed by atoms with van der Waals surface area (Å²) in [6.45, 7) is 1.45. The predicted molar refractivity (Wildman–Crippen MR) is 98.2 cm³/mol. The van der Waals surface area contributed by atoms with Crippen molar-refractivity contribution < 1.29 is 9.72 Å². The zero-order chi connectivity index (χ0) is 17.8. The number of nitrogens with one attached hydrogen (secondary N) is 2. The minimum atomic E-state index is -0.433. The van der Waals surface area contributed by atoms with Crippen LogP contribution in [0.15, 0.2) is 53.9 Å². The second kappa shape index (κ2) is 7.10. The average Bonchev–Trinajstić information content (AvgIpc) is 3.04. The smallest absolute Gasteiger partial charge is 0.292 e. The number of hydrogen-bond acceptors (Lipinski definition) is 6. The number of para-hydroxylation sites is 2. The van der Waals surface area contributed by atoms with Crippen LogP contribution in [-0.4, -0.2) is 15.8 Å². The van der Waals surface area contributed by atoms with Gasteiger partial charge in [-0.2, -0.15) is 0 Å². The number of nitro benzene ring substituents is 1. The Labute approximate surface area is 147 Å². The van der Waals surface area contributed by atoms with E-state index in [2.05, 4.69) is 15.6 Å². The van der Waals surface area contributed by atoms with Crippen molar-refractivity contribution in [3.63, 3.8) is 0 Å². The minimum absolute atomic E-state index is 0.00101. The fourth-order valence-corrected chi connectivity index (χ4v) is 2.98. The van der Waals surface area contributed by atoms with Gasteiger partial charge in [-0.3, -0.25) is 14.9 Å². The van der Waals surface area contributed by atoms with Crippen LogP contribution in [0.2, 0.25) is 0 Å². The average molecular weight is 354 g/mol. The number of benzene rings is 2. The Hall–Kier alpha value is -3.26. The van der Waals surface area contributed by atoms with E-state index in [1.165, 1.54) is 24.3 Å². The SMILES string of the molecule is CC(=O)Nc1ccc(-c2csc(Nc3ccccc3[N+](=O)[O-])n2)cc1. The lowest BCUT2D eigenvalue weighted by molar-refractivity contribution is -0.383. The number of carbonyl (C=O) groups excluding carboxylic acids is 1. The Morgan fingerprint density at radius 2 is 1.88 bits per heavy atom. The minimum Gasteiger partial charge on any atom is -0.326 e. The van der Waals surface area contributed by atoms with Crippen molar-refractivity contribution in [2.24, 2.45) is 0 Å². The number of anilines is 3. The maximum atomic E-state index is 11.1. The summed E-state index contributed by atoms with van der Waals surface area (Å²) in [5.74, 6) is -0.127. The maximum absolute atomic E-state index is 11.1. The molecule has 3 aromatic rings. The predicted octanol–water partition coefficient (Wildman–Crippen LogP) is 4.42. The van der Waals surface area contributed by atoms with E-state index in [-0.39, 0.29) is 11.6 Å². The Morgan fingerprint density at radius 3 is 2.56 bits per heavy atom. The number of amides is 1. The molecule has 0 bridgehead atoms. The standard InChI is InChI=1S/C17H14N4O3S/c1-11(22)18-13-8-6-12(7-9-13)15-10-25-17(20-15)19-14-4-2-3-5-16(14)21(23)24/h2-10H,1H3,(H,18,22)(H,19,20). The van der Waals surface area contributed by atoms with E-state index in [0.29, 0.717) is 16.5 Å². The van der Waals surface area contributed by atoms with Crippen LogP contribution < -0.4 is 10.6 Å². The van der Waals surface area contributed by atoms with Gasteiger partial charge in [-0.25, -0.2) is 4.98 Å². The van der Waals surface area contributed by atoms with Crippen molar-refractivity contribution in [3.05, 3.63) is 64.0 Å². The summed E-state index contributed by atoms with van der Waals surface area (Å²) >= 11 is 1.36. The van der Waals surface area contributed by atoms with Gasteiger partial charge in [0, 0.05) is 29.6 Å². The fraction of sp³-hybridized carbons (Fsp3) is 0.0588. The molecule has 1 heterocycles. The highest BCUT2D eigenvalue weighted by molar-refractivity contribution is 7.14. The molecule has 0 aliphatic heterocycles. The van der Waals surface area contributed by atoms with Crippen molar-refractivity contribution in [3.8, 4) is 11.3 Å². The van der Waals surface area contributed by atoms with E-state index < -0.39 is 4.92 Å². The van der Waals surface area contributed by atoms with Gasteiger partial charge in [0.05, 0.1) is 10.6 Å². The number of thiazole rings is 1. The molecule has 126 valence electrons. The second-order valence-corrected chi connectivity index (χ2v) is 6.05. The third-order valence-electron chi connectivity index (χ3n) is 3.35. The van der Waals surface area contributed by atoms with Crippen molar-refractivity contribution >= 4 is 39.4 Å². The van der Waals surface area contributed by atoms with Crippen molar-refractivity contribution in [1.29, 1.82) is 0 Å². The third-order valence-corrected chi connectivity index (χ3v) is 4.11. The number of rotatable bonds is 5. The largest absolute Gasteiger partial charge is 0.326 e. The lowest BCUT2D eigenvalue weighted by Gasteiger charge is -2.04. The molecule has 0 unspecified atom stereocenters. The van der Waals surface area contributed by atoms with E-state index in [1.54, 1.807) is 30.3 Å². The molecule has 3 rings (SSSR count). The number of nitro groups is 1. The lowest BCUT2D eigenvalue weighted by Crippen LogP contribution is -2.05. The molecular formula is C17H14N4O3S. The first kappa shape index (κ1) is 16.6. The van der Waals surface area contributed by atoms with Gasteiger partial charge in [0.25, 0.3) is 5.69 Å². The molecule has 0 spiro atoms. The highest BCUT2D eigenvalue weighted by atomic mass is 32.1. The van der Waals surface area contributed by atoms with E-state index in [9.17, 15) is 14.9 Å². The molecule has 25 heavy (non-hydrogen) atoms. The normalized spacial score (nSPS) is 10.3. The van der Waals surface area contributed by atoms with Crippen LogP contribution in [-0.2, 0) is 4.79 Å². The highest BCUT2D eigenvalue weighted by Gasteiger charge is 2.14. The van der Waals surface area contributed by atoms with Crippen molar-refractivity contribution in [2.75, 3.05) is 10.6 Å². The van der Waals surface area contributed by atoms with Gasteiger partial charge in [-0.1, -0.05) is 24.3 Å². The topological polar surface area (TPSA) is 97.2 Å². The van der Waals surface area contributed by atoms with E-state index in [1.807, 2.05) is 17.5 Å². The van der Waals surface area contributed by atoms with Crippen LogP contribution in [0.4, 0.5) is 22.2 Å². The van der Waals surface area contributed by atoms with Crippen LogP contribution >= 0.6 is 11.3 Å². The van der Waals surface area contributed by atoms with Crippen LogP contribution in [0.5, 0.6) is 0 Å². The molecule has 1 aromatic heterocycles. The number of nitrogens with zero attached hydrogens (tertiary/aromatic N) is 2. The Kier molecular flexibility index (Phi) is 4.71.